The monoisotopic (exact) mass is 413 g/mol. The van der Waals surface area contributed by atoms with Gasteiger partial charge < -0.3 is 4.57 Å². The Bertz CT molecular complexity index is 1600. The maximum absolute atomic E-state index is 2.41. The first-order valence-electron chi connectivity index (χ1n) is 11.1. The van der Waals surface area contributed by atoms with E-state index in [4.69, 9.17) is 0 Å². The Hall–Kier alpha value is -3.91. The summed E-state index contributed by atoms with van der Waals surface area (Å²) in [7, 11) is 2.18. The normalized spacial score (nSPS) is 11.6. The van der Waals surface area contributed by atoms with Gasteiger partial charge in [0.15, 0.2) is 0 Å². The second kappa shape index (κ2) is 7.06. The largest absolute Gasteiger partial charge is 0.308 e. The van der Waals surface area contributed by atoms with Crippen LogP contribution in [0.1, 0.15) is 11.1 Å². The lowest BCUT2D eigenvalue weighted by Gasteiger charge is -2.12. The molecule has 6 aromatic rings. The number of pyridine rings is 1. The summed E-state index contributed by atoms with van der Waals surface area (Å²) in [4.78, 5) is 0. The van der Waals surface area contributed by atoms with Gasteiger partial charge in [0.05, 0.1) is 22.1 Å². The minimum absolute atomic E-state index is 1.21. The van der Waals surface area contributed by atoms with E-state index in [-0.39, 0.29) is 0 Å². The zero-order valence-corrected chi connectivity index (χ0v) is 18.6. The number of hydrogen-bond donors (Lipinski definition) is 0. The van der Waals surface area contributed by atoms with E-state index in [0.29, 0.717) is 0 Å². The van der Waals surface area contributed by atoms with E-state index in [2.05, 4.69) is 127 Å². The fourth-order valence-corrected chi connectivity index (χ4v) is 5.08. The highest BCUT2D eigenvalue weighted by Crippen LogP contribution is 2.34. The SMILES string of the molecule is Cc1cccc(-c2ccc3c(-n4c5ccccc5c5ccccc54)cccc3[n+]2C)c1C. The van der Waals surface area contributed by atoms with Crippen molar-refractivity contribution in [3.8, 4) is 16.9 Å². The third-order valence-electron chi connectivity index (χ3n) is 6.89. The highest BCUT2D eigenvalue weighted by molar-refractivity contribution is 6.10. The van der Waals surface area contributed by atoms with E-state index in [1.807, 2.05) is 0 Å². The van der Waals surface area contributed by atoms with Crippen molar-refractivity contribution < 1.29 is 4.57 Å². The van der Waals surface area contributed by atoms with Crippen molar-refractivity contribution in [1.82, 2.24) is 4.57 Å². The van der Waals surface area contributed by atoms with Gasteiger partial charge >= 0.3 is 0 Å². The summed E-state index contributed by atoms with van der Waals surface area (Å²) < 4.78 is 4.74. The molecule has 2 nitrogen and oxygen atoms in total. The van der Waals surface area contributed by atoms with Crippen molar-refractivity contribution in [2.45, 2.75) is 13.8 Å². The van der Waals surface area contributed by atoms with Gasteiger partial charge in [-0.05, 0) is 55.3 Å². The van der Waals surface area contributed by atoms with Gasteiger partial charge in [-0.2, -0.15) is 4.57 Å². The van der Waals surface area contributed by atoms with Crippen LogP contribution in [0.15, 0.2) is 97.1 Å². The quantitative estimate of drug-likeness (QED) is 0.269. The molecular weight excluding hydrogens is 388 g/mol. The second-order valence-electron chi connectivity index (χ2n) is 8.60. The number of para-hydroxylation sites is 2. The van der Waals surface area contributed by atoms with Crippen LogP contribution in [0.5, 0.6) is 0 Å². The fourth-order valence-electron chi connectivity index (χ4n) is 5.08. The average molecular weight is 414 g/mol. The third kappa shape index (κ3) is 2.63. The molecule has 0 atom stereocenters. The van der Waals surface area contributed by atoms with Crippen LogP contribution in [-0.2, 0) is 7.05 Å². The molecule has 0 radical (unpaired) electrons. The first kappa shape index (κ1) is 18.8. The molecule has 0 amide bonds. The molecule has 0 unspecified atom stereocenters. The van der Waals surface area contributed by atoms with Gasteiger partial charge in [0, 0.05) is 28.5 Å². The molecular formula is C30H25N2+. The van der Waals surface area contributed by atoms with E-state index in [1.165, 1.54) is 60.8 Å². The summed E-state index contributed by atoms with van der Waals surface area (Å²) in [6, 6.07) is 35.1. The Morgan fingerprint density at radius 2 is 1.25 bits per heavy atom. The molecule has 0 N–H and O–H groups in total. The summed E-state index contributed by atoms with van der Waals surface area (Å²) in [5.74, 6) is 0. The first-order valence-corrected chi connectivity index (χ1v) is 11.1. The average Bonchev–Trinajstić information content (AvgIpc) is 3.16. The molecule has 0 aliphatic heterocycles. The number of rotatable bonds is 2. The van der Waals surface area contributed by atoms with Gasteiger partial charge in [-0.15, -0.1) is 0 Å². The van der Waals surface area contributed by atoms with Crippen molar-refractivity contribution in [2.24, 2.45) is 7.05 Å². The maximum Gasteiger partial charge on any atom is 0.214 e. The summed E-state index contributed by atoms with van der Waals surface area (Å²) in [6.07, 6.45) is 0. The molecule has 2 aromatic heterocycles. The summed E-state index contributed by atoms with van der Waals surface area (Å²) in [5, 5.41) is 3.82. The van der Waals surface area contributed by atoms with E-state index in [1.54, 1.807) is 0 Å². The topological polar surface area (TPSA) is 8.81 Å². The molecule has 4 aromatic carbocycles. The fraction of sp³-hybridized carbons (Fsp3) is 0.100. The van der Waals surface area contributed by atoms with Crippen molar-refractivity contribution in [2.75, 3.05) is 0 Å². The standard InChI is InChI=1S/C30H25N2/c1-20-10-8-13-22(21(20)2)27-19-18-25-26(31(27)3)16-9-17-30(25)32-28-14-6-4-11-23(28)24-12-5-7-15-29(24)32/h4-19H,1-3H3/q+1. The van der Waals surface area contributed by atoms with Gasteiger partial charge in [-0.3, -0.25) is 0 Å². The highest BCUT2D eigenvalue weighted by atomic mass is 15.0. The van der Waals surface area contributed by atoms with Crippen LogP contribution in [0.4, 0.5) is 0 Å². The molecule has 2 heteroatoms. The number of aryl methyl sites for hydroxylation is 2. The summed E-state index contributed by atoms with van der Waals surface area (Å²) in [5.41, 5.74) is 10.1. The van der Waals surface area contributed by atoms with Crippen LogP contribution in [0.25, 0.3) is 49.7 Å². The predicted molar refractivity (Wildman–Crippen MR) is 134 cm³/mol. The molecule has 32 heavy (non-hydrogen) atoms. The van der Waals surface area contributed by atoms with E-state index < -0.39 is 0 Å². The van der Waals surface area contributed by atoms with Gasteiger partial charge in [-0.25, -0.2) is 0 Å². The predicted octanol–water partition coefficient (Wildman–Crippen LogP) is 7.05. The number of benzene rings is 4. The van der Waals surface area contributed by atoms with E-state index in [0.717, 1.165) is 0 Å². The van der Waals surface area contributed by atoms with E-state index in [9.17, 15) is 0 Å². The maximum atomic E-state index is 2.41. The Balaban J connectivity index is 1.68. The Morgan fingerprint density at radius 1 is 0.594 bits per heavy atom. The second-order valence-corrected chi connectivity index (χ2v) is 8.60. The molecule has 0 aliphatic rings. The first-order chi connectivity index (χ1) is 15.6. The lowest BCUT2D eigenvalue weighted by Crippen LogP contribution is -2.32. The number of fused-ring (bicyclic) bond motifs is 4. The van der Waals surface area contributed by atoms with Crippen LogP contribution in [0.3, 0.4) is 0 Å². The van der Waals surface area contributed by atoms with Gasteiger partial charge in [-0.1, -0.05) is 54.6 Å². The lowest BCUT2D eigenvalue weighted by atomic mass is 9.99. The molecule has 0 bridgehead atoms. The van der Waals surface area contributed by atoms with Crippen molar-refractivity contribution in [1.29, 1.82) is 0 Å². The van der Waals surface area contributed by atoms with Crippen LogP contribution in [-0.4, -0.2) is 4.57 Å². The molecule has 0 spiro atoms. The number of aromatic nitrogens is 2. The van der Waals surface area contributed by atoms with Crippen molar-refractivity contribution >= 4 is 32.7 Å². The van der Waals surface area contributed by atoms with Crippen LogP contribution >= 0.6 is 0 Å². The minimum Gasteiger partial charge on any atom is -0.308 e. The Kier molecular flexibility index (Phi) is 4.16. The molecule has 154 valence electrons. The highest BCUT2D eigenvalue weighted by Gasteiger charge is 2.20. The van der Waals surface area contributed by atoms with Crippen LogP contribution < -0.4 is 4.57 Å². The molecule has 0 saturated heterocycles. The summed E-state index contributed by atoms with van der Waals surface area (Å²) in [6.45, 7) is 4.39. The van der Waals surface area contributed by atoms with Crippen molar-refractivity contribution in [3.05, 3.63) is 108 Å². The van der Waals surface area contributed by atoms with Crippen LogP contribution in [0, 0.1) is 13.8 Å². The van der Waals surface area contributed by atoms with Crippen molar-refractivity contribution in [3.63, 3.8) is 0 Å². The smallest absolute Gasteiger partial charge is 0.214 e. The minimum atomic E-state index is 1.21. The zero-order chi connectivity index (χ0) is 21.8. The lowest BCUT2D eigenvalue weighted by molar-refractivity contribution is -0.633. The molecule has 0 saturated carbocycles. The van der Waals surface area contributed by atoms with Gasteiger partial charge in [0.2, 0.25) is 11.2 Å². The Morgan fingerprint density at radius 3 is 1.97 bits per heavy atom. The third-order valence-corrected chi connectivity index (χ3v) is 6.89. The van der Waals surface area contributed by atoms with Crippen LogP contribution in [0.2, 0.25) is 0 Å². The molecule has 0 aliphatic carbocycles. The molecule has 2 heterocycles. The number of nitrogens with zero attached hydrogens (tertiary/aromatic N) is 2. The summed E-state index contributed by atoms with van der Waals surface area (Å²) >= 11 is 0. The zero-order valence-electron chi connectivity index (χ0n) is 18.6. The number of hydrogen-bond acceptors (Lipinski definition) is 0. The Labute approximate surface area is 188 Å². The molecule has 6 rings (SSSR count). The molecule has 0 fully saturated rings. The van der Waals surface area contributed by atoms with Gasteiger partial charge in [0.1, 0.15) is 7.05 Å². The van der Waals surface area contributed by atoms with E-state index >= 15 is 0 Å². The van der Waals surface area contributed by atoms with Gasteiger partial charge in [0.25, 0.3) is 0 Å².